The average Bonchev–Trinajstić information content (AvgIpc) is 2.15. The molecule has 1 rings (SSSR count). The van der Waals surface area contributed by atoms with E-state index in [1.807, 2.05) is 22.6 Å². The van der Waals surface area contributed by atoms with Gasteiger partial charge in [0.05, 0.1) is 15.7 Å². The first-order valence-electron chi connectivity index (χ1n) is 4.23. The number of hydrogen-bond donors (Lipinski definition) is 1. The van der Waals surface area contributed by atoms with Gasteiger partial charge >= 0.3 is 5.97 Å². The Kier molecular flexibility index (Phi) is 3.74. The largest absolute Gasteiger partial charge is 0.507 e. The molecule has 1 N–H and O–H groups in total. The summed E-state index contributed by atoms with van der Waals surface area (Å²) in [6.07, 6.45) is 0. The van der Waals surface area contributed by atoms with Crippen LogP contribution in [0, 0.1) is 10.5 Å². The van der Waals surface area contributed by atoms with Gasteiger partial charge in [0.2, 0.25) is 0 Å². The number of benzene rings is 1. The standard InChI is InChI=1S/C10H11IO3/c1-3-14-10(13)7-4-5-8(12)9(11)6(7)2/h4-5,12H,3H2,1-2H3. The first kappa shape index (κ1) is 11.3. The van der Waals surface area contributed by atoms with Gasteiger partial charge in [-0.25, -0.2) is 4.79 Å². The molecule has 1 aromatic rings. The van der Waals surface area contributed by atoms with E-state index < -0.39 is 0 Å². The summed E-state index contributed by atoms with van der Waals surface area (Å²) in [7, 11) is 0. The Morgan fingerprint density at radius 1 is 1.57 bits per heavy atom. The van der Waals surface area contributed by atoms with E-state index in [1.54, 1.807) is 19.9 Å². The monoisotopic (exact) mass is 306 g/mol. The van der Waals surface area contributed by atoms with Gasteiger partial charge in [0, 0.05) is 0 Å². The second kappa shape index (κ2) is 4.63. The Hall–Kier alpha value is -0.780. The number of ether oxygens (including phenoxy) is 1. The van der Waals surface area contributed by atoms with E-state index in [4.69, 9.17) is 4.74 Å². The fraction of sp³-hybridized carbons (Fsp3) is 0.300. The van der Waals surface area contributed by atoms with Crippen LogP contribution in [0.25, 0.3) is 0 Å². The molecule has 0 aromatic heterocycles. The van der Waals surface area contributed by atoms with Gasteiger partial charge in [-0.2, -0.15) is 0 Å². The Bertz CT molecular complexity index is 361. The Morgan fingerprint density at radius 3 is 2.79 bits per heavy atom. The van der Waals surface area contributed by atoms with Crippen LogP contribution in [0.4, 0.5) is 0 Å². The molecule has 0 unspecified atom stereocenters. The molecule has 0 bridgehead atoms. The third kappa shape index (κ3) is 2.17. The molecule has 0 fully saturated rings. The molecule has 76 valence electrons. The summed E-state index contributed by atoms with van der Waals surface area (Å²) in [6, 6.07) is 3.08. The van der Waals surface area contributed by atoms with Crippen molar-refractivity contribution < 1.29 is 14.6 Å². The predicted octanol–water partition coefficient (Wildman–Crippen LogP) is 2.48. The molecule has 0 aliphatic rings. The first-order chi connectivity index (χ1) is 6.57. The van der Waals surface area contributed by atoms with E-state index in [9.17, 15) is 9.90 Å². The van der Waals surface area contributed by atoms with Crippen molar-refractivity contribution in [2.24, 2.45) is 0 Å². The summed E-state index contributed by atoms with van der Waals surface area (Å²) in [5.74, 6) is -0.154. The lowest BCUT2D eigenvalue weighted by Crippen LogP contribution is -2.07. The van der Waals surface area contributed by atoms with Crippen molar-refractivity contribution in [1.82, 2.24) is 0 Å². The molecule has 0 atom stereocenters. The molecular formula is C10H11IO3. The summed E-state index contributed by atoms with van der Waals surface area (Å²) in [5.41, 5.74) is 1.26. The topological polar surface area (TPSA) is 46.5 Å². The van der Waals surface area contributed by atoms with Gasteiger partial charge < -0.3 is 9.84 Å². The van der Waals surface area contributed by atoms with Crippen molar-refractivity contribution in [3.63, 3.8) is 0 Å². The van der Waals surface area contributed by atoms with Crippen LogP contribution in [0.2, 0.25) is 0 Å². The first-order valence-corrected chi connectivity index (χ1v) is 5.31. The number of hydrogen-bond acceptors (Lipinski definition) is 3. The Balaban J connectivity index is 3.11. The zero-order chi connectivity index (χ0) is 10.7. The zero-order valence-corrected chi connectivity index (χ0v) is 10.2. The summed E-state index contributed by atoms with van der Waals surface area (Å²) in [6.45, 7) is 3.90. The summed E-state index contributed by atoms with van der Waals surface area (Å²) < 4.78 is 5.57. The van der Waals surface area contributed by atoms with Crippen LogP contribution in [0.3, 0.4) is 0 Å². The van der Waals surface area contributed by atoms with Crippen molar-refractivity contribution in [3.8, 4) is 5.75 Å². The van der Waals surface area contributed by atoms with Crippen LogP contribution in [-0.4, -0.2) is 17.7 Å². The quantitative estimate of drug-likeness (QED) is 0.674. The van der Waals surface area contributed by atoms with Gasteiger partial charge in [0.25, 0.3) is 0 Å². The Labute approximate surface area is 96.2 Å². The highest BCUT2D eigenvalue weighted by atomic mass is 127. The highest BCUT2D eigenvalue weighted by molar-refractivity contribution is 14.1. The van der Waals surface area contributed by atoms with Gasteiger partial charge in [-0.05, 0) is 54.1 Å². The minimum absolute atomic E-state index is 0.191. The molecule has 0 saturated heterocycles. The predicted molar refractivity (Wildman–Crippen MR) is 61.5 cm³/mol. The summed E-state index contributed by atoms with van der Waals surface area (Å²) in [4.78, 5) is 11.4. The lowest BCUT2D eigenvalue weighted by Gasteiger charge is -2.07. The molecule has 1 aromatic carbocycles. The van der Waals surface area contributed by atoms with Crippen LogP contribution in [0.15, 0.2) is 12.1 Å². The van der Waals surface area contributed by atoms with Crippen molar-refractivity contribution in [3.05, 3.63) is 26.8 Å². The minimum Gasteiger partial charge on any atom is -0.507 e. The van der Waals surface area contributed by atoms with Crippen LogP contribution < -0.4 is 0 Å². The number of esters is 1. The number of carbonyl (C=O) groups is 1. The normalized spacial score (nSPS) is 9.93. The van der Waals surface area contributed by atoms with Crippen molar-refractivity contribution in [2.75, 3.05) is 6.61 Å². The fourth-order valence-electron chi connectivity index (χ4n) is 1.10. The zero-order valence-electron chi connectivity index (χ0n) is 8.00. The van der Waals surface area contributed by atoms with E-state index in [-0.39, 0.29) is 11.7 Å². The van der Waals surface area contributed by atoms with Crippen molar-refractivity contribution in [1.29, 1.82) is 0 Å². The maximum atomic E-state index is 11.4. The van der Waals surface area contributed by atoms with Gasteiger partial charge in [0.1, 0.15) is 5.75 Å². The Morgan fingerprint density at radius 2 is 2.21 bits per heavy atom. The van der Waals surface area contributed by atoms with E-state index >= 15 is 0 Å². The molecule has 4 heteroatoms. The maximum Gasteiger partial charge on any atom is 0.338 e. The number of aromatic hydroxyl groups is 1. The smallest absolute Gasteiger partial charge is 0.338 e. The third-order valence-corrected chi connectivity index (χ3v) is 3.22. The fourth-order valence-corrected chi connectivity index (χ4v) is 1.57. The van der Waals surface area contributed by atoms with Crippen LogP contribution in [0.1, 0.15) is 22.8 Å². The molecule has 14 heavy (non-hydrogen) atoms. The maximum absolute atomic E-state index is 11.4. The van der Waals surface area contributed by atoms with Gasteiger partial charge in [-0.1, -0.05) is 0 Å². The van der Waals surface area contributed by atoms with Crippen molar-refractivity contribution >= 4 is 28.6 Å². The van der Waals surface area contributed by atoms with Crippen molar-refractivity contribution in [2.45, 2.75) is 13.8 Å². The molecule has 0 amide bonds. The summed E-state index contributed by atoms with van der Waals surface area (Å²) in [5, 5.41) is 9.38. The van der Waals surface area contributed by atoms with Crippen LogP contribution in [0.5, 0.6) is 5.75 Å². The molecule has 0 saturated carbocycles. The number of phenols is 1. The molecule has 3 nitrogen and oxygen atoms in total. The van der Waals surface area contributed by atoms with Crippen LogP contribution >= 0.6 is 22.6 Å². The third-order valence-electron chi connectivity index (χ3n) is 1.86. The molecular weight excluding hydrogens is 295 g/mol. The summed E-state index contributed by atoms with van der Waals surface area (Å²) >= 11 is 2.00. The lowest BCUT2D eigenvalue weighted by molar-refractivity contribution is 0.0525. The van der Waals surface area contributed by atoms with E-state index in [0.717, 1.165) is 5.56 Å². The second-order valence-corrected chi connectivity index (χ2v) is 3.87. The molecule has 0 aliphatic carbocycles. The molecule has 0 aliphatic heterocycles. The molecule has 0 radical (unpaired) electrons. The lowest BCUT2D eigenvalue weighted by atomic mass is 10.1. The van der Waals surface area contributed by atoms with E-state index in [1.165, 1.54) is 6.07 Å². The van der Waals surface area contributed by atoms with E-state index in [2.05, 4.69) is 0 Å². The SMILES string of the molecule is CCOC(=O)c1ccc(O)c(I)c1C. The van der Waals surface area contributed by atoms with Gasteiger partial charge in [0.15, 0.2) is 0 Å². The minimum atomic E-state index is -0.345. The number of carbonyl (C=O) groups excluding carboxylic acids is 1. The number of halogens is 1. The molecule has 0 spiro atoms. The van der Waals surface area contributed by atoms with Crippen LogP contribution in [-0.2, 0) is 4.74 Å². The van der Waals surface area contributed by atoms with Gasteiger partial charge in [-0.15, -0.1) is 0 Å². The highest BCUT2D eigenvalue weighted by Crippen LogP contribution is 2.25. The number of phenolic OH excluding ortho intramolecular Hbond substituents is 1. The average molecular weight is 306 g/mol. The number of rotatable bonds is 2. The van der Waals surface area contributed by atoms with E-state index in [0.29, 0.717) is 15.7 Å². The highest BCUT2D eigenvalue weighted by Gasteiger charge is 2.13. The second-order valence-electron chi connectivity index (χ2n) is 2.79. The van der Waals surface area contributed by atoms with Gasteiger partial charge in [-0.3, -0.25) is 0 Å². The molecule has 0 heterocycles.